The molecule has 0 atom stereocenters. The van der Waals surface area contributed by atoms with Crippen LogP contribution in [0.25, 0.3) is 22.4 Å². The highest BCUT2D eigenvalue weighted by Crippen LogP contribution is 2.34. The lowest BCUT2D eigenvalue weighted by Gasteiger charge is -2.08. The van der Waals surface area contributed by atoms with Crippen LogP contribution >= 0.6 is 0 Å². The summed E-state index contributed by atoms with van der Waals surface area (Å²) in [5.74, 6) is 7.28. The fourth-order valence-corrected chi connectivity index (χ4v) is 3.43. The Hall–Kier alpha value is -3.94. The summed E-state index contributed by atoms with van der Waals surface area (Å²) in [6.07, 6.45) is 0.499. The average molecular weight is 419 g/mol. The van der Waals surface area contributed by atoms with E-state index in [0.717, 1.165) is 22.2 Å². The zero-order valence-electron chi connectivity index (χ0n) is 17.2. The number of halogens is 1. The first kappa shape index (κ1) is 20.3. The van der Waals surface area contributed by atoms with Crippen LogP contribution in [0.15, 0.2) is 54.6 Å². The van der Waals surface area contributed by atoms with Gasteiger partial charge in [-0.2, -0.15) is 0 Å². The van der Waals surface area contributed by atoms with Gasteiger partial charge >= 0.3 is 0 Å². The summed E-state index contributed by atoms with van der Waals surface area (Å²) < 4.78 is 20.6. The Morgan fingerprint density at radius 3 is 2.52 bits per heavy atom. The fourth-order valence-electron chi connectivity index (χ4n) is 3.43. The lowest BCUT2D eigenvalue weighted by molar-refractivity contribution is -0.118. The second-order valence-corrected chi connectivity index (χ2v) is 7.15. The predicted molar refractivity (Wildman–Crippen MR) is 117 cm³/mol. The standard InChI is InChI=1S/C23H22FN5O2/c1-14-20-19(12-13-26-15(2)30)27-21(16-6-4-3-5-7-16)28-22(20)29(25)23(14)31-18-10-8-17(24)9-11-18/h3-11H,12-13,25H2,1-2H3,(H,26,30). The summed E-state index contributed by atoms with van der Waals surface area (Å²) >= 11 is 0. The lowest BCUT2D eigenvalue weighted by Crippen LogP contribution is -2.23. The van der Waals surface area contributed by atoms with Gasteiger partial charge < -0.3 is 15.9 Å². The van der Waals surface area contributed by atoms with E-state index in [-0.39, 0.29) is 11.7 Å². The molecule has 0 aliphatic rings. The SMILES string of the molecule is CC(=O)NCCc1nc(-c2ccccc2)nc2c1c(C)c(Oc1ccc(F)cc1)n2N. The van der Waals surface area contributed by atoms with Crippen LogP contribution in [0.2, 0.25) is 0 Å². The maximum absolute atomic E-state index is 13.3. The third-order valence-corrected chi connectivity index (χ3v) is 4.90. The van der Waals surface area contributed by atoms with Crippen LogP contribution in [0.3, 0.4) is 0 Å². The largest absolute Gasteiger partial charge is 0.439 e. The molecule has 4 rings (SSSR count). The van der Waals surface area contributed by atoms with Gasteiger partial charge in [0.2, 0.25) is 11.8 Å². The molecule has 0 unspecified atom stereocenters. The van der Waals surface area contributed by atoms with E-state index in [1.165, 1.54) is 35.9 Å². The summed E-state index contributed by atoms with van der Waals surface area (Å²) in [7, 11) is 0. The zero-order chi connectivity index (χ0) is 22.0. The number of hydrogen-bond acceptors (Lipinski definition) is 5. The van der Waals surface area contributed by atoms with Gasteiger partial charge in [-0.05, 0) is 31.2 Å². The first-order chi connectivity index (χ1) is 14.9. The van der Waals surface area contributed by atoms with Crippen molar-refractivity contribution >= 4 is 16.9 Å². The van der Waals surface area contributed by atoms with E-state index in [1.807, 2.05) is 37.3 Å². The molecule has 0 saturated carbocycles. The zero-order valence-corrected chi connectivity index (χ0v) is 17.2. The molecule has 3 N–H and O–H groups in total. The maximum atomic E-state index is 13.3. The summed E-state index contributed by atoms with van der Waals surface area (Å²) in [5, 5.41) is 3.57. The van der Waals surface area contributed by atoms with E-state index in [0.29, 0.717) is 36.1 Å². The number of aromatic nitrogens is 3. The first-order valence-electron chi connectivity index (χ1n) is 9.84. The van der Waals surface area contributed by atoms with E-state index in [1.54, 1.807) is 0 Å². The number of carbonyl (C=O) groups is 1. The number of aryl methyl sites for hydroxylation is 1. The van der Waals surface area contributed by atoms with Crippen molar-refractivity contribution in [3.63, 3.8) is 0 Å². The number of nitrogens with one attached hydrogen (secondary N) is 1. The van der Waals surface area contributed by atoms with Gasteiger partial charge in [-0.3, -0.25) is 4.79 Å². The number of rotatable bonds is 6. The Labute approximate surface area is 178 Å². The molecule has 2 aromatic carbocycles. The highest BCUT2D eigenvalue weighted by atomic mass is 19.1. The number of nitrogen functional groups attached to an aromatic ring is 1. The molecule has 0 aliphatic carbocycles. The van der Waals surface area contributed by atoms with Crippen LogP contribution in [-0.2, 0) is 11.2 Å². The third-order valence-electron chi connectivity index (χ3n) is 4.90. The van der Waals surface area contributed by atoms with Gasteiger partial charge in [-0.15, -0.1) is 0 Å². The molecule has 8 heteroatoms. The Kier molecular flexibility index (Phi) is 5.53. The summed E-state index contributed by atoms with van der Waals surface area (Å²) in [4.78, 5) is 20.8. The fraction of sp³-hybridized carbons (Fsp3) is 0.174. The molecule has 7 nitrogen and oxygen atoms in total. The normalized spacial score (nSPS) is 10.9. The van der Waals surface area contributed by atoms with Crippen LogP contribution in [-0.4, -0.2) is 27.1 Å². The minimum atomic E-state index is -0.351. The summed E-state index contributed by atoms with van der Waals surface area (Å²) in [6, 6.07) is 15.3. The Morgan fingerprint density at radius 2 is 1.84 bits per heavy atom. The number of carbonyl (C=O) groups excluding carboxylic acids is 1. The van der Waals surface area contributed by atoms with Crippen LogP contribution in [0.4, 0.5) is 4.39 Å². The van der Waals surface area contributed by atoms with Crippen molar-refractivity contribution in [2.45, 2.75) is 20.3 Å². The predicted octanol–water partition coefficient (Wildman–Crippen LogP) is 3.73. The lowest BCUT2D eigenvalue weighted by atomic mass is 10.1. The van der Waals surface area contributed by atoms with Crippen molar-refractivity contribution in [2.75, 3.05) is 12.4 Å². The minimum absolute atomic E-state index is 0.109. The molecule has 2 heterocycles. The van der Waals surface area contributed by atoms with Crippen molar-refractivity contribution in [1.29, 1.82) is 0 Å². The molecule has 0 aliphatic heterocycles. The number of hydrogen-bond donors (Lipinski definition) is 2. The molecule has 2 aromatic heterocycles. The molecule has 158 valence electrons. The van der Waals surface area contributed by atoms with Crippen molar-refractivity contribution < 1.29 is 13.9 Å². The number of fused-ring (bicyclic) bond motifs is 1. The molecule has 31 heavy (non-hydrogen) atoms. The van der Waals surface area contributed by atoms with E-state index < -0.39 is 0 Å². The number of amides is 1. The minimum Gasteiger partial charge on any atom is -0.439 e. The second kappa shape index (κ2) is 8.43. The van der Waals surface area contributed by atoms with Crippen LogP contribution < -0.4 is 15.9 Å². The van der Waals surface area contributed by atoms with Gasteiger partial charge in [0.1, 0.15) is 11.6 Å². The van der Waals surface area contributed by atoms with Gasteiger partial charge in [0.05, 0.1) is 5.69 Å². The monoisotopic (exact) mass is 419 g/mol. The molecule has 0 fully saturated rings. The molecule has 0 bridgehead atoms. The van der Waals surface area contributed by atoms with Gasteiger partial charge in [0, 0.05) is 36.4 Å². The smallest absolute Gasteiger partial charge is 0.223 e. The van der Waals surface area contributed by atoms with E-state index in [4.69, 9.17) is 15.6 Å². The highest BCUT2D eigenvalue weighted by molar-refractivity contribution is 5.87. The second-order valence-electron chi connectivity index (χ2n) is 7.15. The van der Waals surface area contributed by atoms with Crippen LogP contribution in [0, 0.1) is 12.7 Å². The molecule has 0 spiro atoms. The van der Waals surface area contributed by atoms with Gasteiger partial charge in [0.15, 0.2) is 11.5 Å². The van der Waals surface area contributed by atoms with Crippen molar-refractivity contribution in [3.8, 4) is 23.0 Å². The number of nitrogens with zero attached hydrogens (tertiary/aromatic N) is 3. The van der Waals surface area contributed by atoms with E-state index in [9.17, 15) is 9.18 Å². The topological polar surface area (TPSA) is 95.1 Å². The van der Waals surface area contributed by atoms with Crippen molar-refractivity contribution in [1.82, 2.24) is 20.0 Å². The van der Waals surface area contributed by atoms with Crippen molar-refractivity contribution in [3.05, 3.63) is 71.7 Å². The van der Waals surface area contributed by atoms with Crippen molar-refractivity contribution in [2.24, 2.45) is 0 Å². The number of benzene rings is 2. The molecular weight excluding hydrogens is 397 g/mol. The quantitative estimate of drug-likeness (QED) is 0.465. The van der Waals surface area contributed by atoms with E-state index >= 15 is 0 Å². The first-order valence-corrected chi connectivity index (χ1v) is 9.84. The Balaban J connectivity index is 1.83. The molecule has 0 saturated heterocycles. The van der Waals surface area contributed by atoms with Gasteiger partial charge in [-0.1, -0.05) is 30.3 Å². The average Bonchev–Trinajstić information content (AvgIpc) is 3.00. The molecular formula is C23H22FN5O2. The van der Waals surface area contributed by atoms with Crippen LogP contribution in [0.5, 0.6) is 11.6 Å². The highest BCUT2D eigenvalue weighted by Gasteiger charge is 2.21. The number of nitrogens with two attached hydrogens (primary N) is 1. The molecule has 0 radical (unpaired) electrons. The molecule has 1 amide bonds. The van der Waals surface area contributed by atoms with Gasteiger partial charge in [0.25, 0.3) is 0 Å². The van der Waals surface area contributed by atoms with Crippen LogP contribution in [0.1, 0.15) is 18.2 Å². The summed E-state index contributed by atoms with van der Waals surface area (Å²) in [5.41, 5.74) is 2.88. The summed E-state index contributed by atoms with van der Waals surface area (Å²) in [6.45, 7) is 3.78. The Bertz CT molecular complexity index is 1240. The Morgan fingerprint density at radius 1 is 1.13 bits per heavy atom. The molecule has 4 aromatic rings. The number of ether oxygens (including phenoxy) is 1. The third kappa shape index (κ3) is 4.18. The maximum Gasteiger partial charge on any atom is 0.223 e. The van der Waals surface area contributed by atoms with Gasteiger partial charge in [-0.25, -0.2) is 19.0 Å². The van der Waals surface area contributed by atoms with E-state index in [2.05, 4.69) is 10.3 Å².